The number of thiophene rings is 1. The van der Waals surface area contributed by atoms with Crippen molar-refractivity contribution in [2.24, 2.45) is 5.41 Å². The van der Waals surface area contributed by atoms with Crippen LogP contribution in [-0.2, 0) is 0 Å². The molecule has 1 amide bonds. The van der Waals surface area contributed by atoms with Gasteiger partial charge in [-0.3, -0.25) is 4.79 Å². The van der Waals surface area contributed by atoms with E-state index in [1.807, 2.05) is 19.1 Å². The van der Waals surface area contributed by atoms with Crippen LogP contribution < -0.4 is 10.6 Å². The number of piperidine rings is 1. The minimum Gasteiger partial charge on any atom is -0.351 e. The van der Waals surface area contributed by atoms with E-state index in [9.17, 15) is 4.79 Å². The number of hydrogen-bond acceptors (Lipinski definition) is 3. The number of hydrogen-bond donors (Lipinski definition) is 2. The molecule has 1 fully saturated rings. The highest BCUT2D eigenvalue weighted by atomic mass is 32.1. The van der Waals surface area contributed by atoms with Crippen molar-refractivity contribution in [3.05, 3.63) is 21.9 Å². The predicted octanol–water partition coefficient (Wildman–Crippen LogP) is 2.57. The molecule has 2 heterocycles. The fraction of sp³-hybridized carbons (Fsp3) is 0.643. The second-order valence-corrected chi connectivity index (χ2v) is 6.51. The van der Waals surface area contributed by atoms with E-state index in [4.69, 9.17) is 0 Å². The van der Waals surface area contributed by atoms with Crippen LogP contribution in [0.3, 0.4) is 0 Å². The van der Waals surface area contributed by atoms with Crippen LogP contribution in [-0.4, -0.2) is 25.5 Å². The molecule has 1 aliphatic heterocycles. The molecule has 1 aromatic heterocycles. The largest absolute Gasteiger partial charge is 0.351 e. The highest BCUT2D eigenvalue weighted by Gasteiger charge is 2.30. The molecule has 2 N–H and O–H groups in total. The Morgan fingerprint density at radius 3 is 2.94 bits per heavy atom. The molecule has 4 heteroatoms. The summed E-state index contributed by atoms with van der Waals surface area (Å²) < 4.78 is 0. The van der Waals surface area contributed by atoms with Crippen molar-refractivity contribution in [1.29, 1.82) is 0 Å². The maximum atomic E-state index is 12.0. The Bertz CT molecular complexity index is 408. The van der Waals surface area contributed by atoms with Crippen molar-refractivity contribution >= 4 is 17.2 Å². The zero-order valence-corrected chi connectivity index (χ0v) is 12.0. The third kappa shape index (κ3) is 3.12. The molecule has 100 valence electrons. The highest BCUT2D eigenvalue weighted by Crippen LogP contribution is 2.29. The molecule has 1 atom stereocenters. The fourth-order valence-corrected chi connectivity index (χ4v) is 3.30. The summed E-state index contributed by atoms with van der Waals surface area (Å²) in [6, 6.07) is 3.91. The summed E-state index contributed by atoms with van der Waals surface area (Å²) >= 11 is 1.56. The Labute approximate surface area is 113 Å². The smallest absolute Gasteiger partial charge is 0.261 e. The van der Waals surface area contributed by atoms with Gasteiger partial charge in [0.05, 0.1) is 4.88 Å². The van der Waals surface area contributed by atoms with Gasteiger partial charge in [0.1, 0.15) is 0 Å². The molecule has 2 rings (SSSR count). The molecular formula is C14H22N2OS. The SMILES string of the molecule is CCC1(CNC(=O)c2ccc(C)s2)CCCNC1. The Morgan fingerprint density at radius 1 is 1.56 bits per heavy atom. The number of nitrogens with one attached hydrogen (secondary N) is 2. The van der Waals surface area contributed by atoms with Crippen LogP contribution in [0.5, 0.6) is 0 Å². The summed E-state index contributed by atoms with van der Waals surface area (Å²) in [7, 11) is 0. The summed E-state index contributed by atoms with van der Waals surface area (Å²) in [5.74, 6) is 0.0755. The van der Waals surface area contributed by atoms with Gasteiger partial charge in [-0.15, -0.1) is 11.3 Å². The van der Waals surface area contributed by atoms with Gasteiger partial charge in [0.2, 0.25) is 0 Å². The summed E-state index contributed by atoms with van der Waals surface area (Å²) in [6.07, 6.45) is 3.53. The lowest BCUT2D eigenvalue weighted by Crippen LogP contribution is -2.47. The first kappa shape index (κ1) is 13.6. The molecule has 0 radical (unpaired) electrons. The Kier molecular flexibility index (Phi) is 4.40. The van der Waals surface area contributed by atoms with Crippen LogP contribution in [0.25, 0.3) is 0 Å². The minimum absolute atomic E-state index is 0.0755. The van der Waals surface area contributed by atoms with Crippen molar-refractivity contribution < 1.29 is 4.79 Å². The molecule has 0 bridgehead atoms. The lowest BCUT2D eigenvalue weighted by Gasteiger charge is -2.37. The molecule has 1 unspecified atom stereocenters. The highest BCUT2D eigenvalue weighted by molar-refractivity contribution is 7.13. The molecule has 0 aliphatic carbocycles. The van der Waals surface area contributed by atoms with E-state index in [-0.39, 0.29) is 11.3 Å². The van der Waals surface area contributed by atoms with E-state index in [2.05, 4.69) is 17.6 Å². The Balaban J connectivity index is 1.91. The summed E-state index contributed by atoms with van der Waals surface area (Å²) in [4.78, 5) is 14.0. The van der Waals surface area contributed by atoms with Crippen molar-refractivity contribution in [2.45, 2.75) is 33.1 Å². The number of carbonyl (C=O) groups is 1. The van der Waals surface area contributed by atoms with Gasteiger partial charge in [-0.25, -0.2) is 0 Å². The quantitative estimate of drug-likeness (QED) is 0.879. The van der Waals surface area contributed by atoms with Gasteiger partial charge in [-0.05, 0) is 50.3 Å². The van der Waals surface area contributed by atoms with E-state index < -0.39 is 0 Å². The molecule has 0 aromatic carbocycles. The van der Waals surface area contributed by atoms with Crippen molar-refractivity contribution in [2.75, 3.05) is 19.6 Å². The molecule has 3 nitrogen and oxygen atoms in total. The third-order valence-corrected chi connectivity index (χ3v) is 4.90. The van der Waals surface area contributed by atoms with Crippen LogP contribution in [0.1, 0.15) is 40.7 Å². The summed E-state index contributed by atoms with van der Waals surface area (Å²) in [5.41, 5.74) is 0.250. The Morgan fingerprint density at radius 2 is 2.39 bits per heavy atom. The maximum absolute atomic E-state index is 12.0. The number of amides is 1. The van der Waals surface area contributed by atoms with Crippen LogP contribution >= 0.6 is 11.3 Å². The van der Waals surface area contributed by atoms with Crippen molar-refractivity contribution in [3.63, 3.8) is 0 Å². The second kappa shape index (κ2) is 5.85. The standard InChI is InChI=1S/C14H22N2OS/c1-3-14(7-4-8-15-9-14)10-16-13(17)12-6-5-11(2)18-12/h5-6,15H,3-4,7-10H2,1-2H3,(H,16,17). The lowest BCUT2D eigenvalue weighted by atomic mass is 9.78. The molecule has 0 spiro atoms. The normalized spacial score (nSPS) is 23.9. The van der Waals surface area contributed by atoms with Gasteiger partial charge in [0, 0.05) is 18.0 Å². The first-order valence-corrected chi connectivity index (χ1v) is 7.52. The lowest BCUT2D eigenvalue weighted by molar-refractivity contribution is 0.0918. The van der Waals surface area contributed by atoms with E-state index in [0.29, 0.717) is 0 Å². The zero-order chi connectivity index (χ0) is 13.0. The zero-order valence-electron chi connectivity index (χ0n) is 11.2. The number of aryl methyl sites for hydroxylation is 1. The predicted molar refractivity (Wildman–Crippen MR) is 76.2 cm³/mol. The van der Waals surface area contributed by atoms with Crippen LogP contribution in [0.15, 0.2) is 12.1 Å². The topological polar surface area (TPSA) is 41.1 Å². The average Bonchev–Trinajstić information content (AvgIpc) is 2.84. The van der Waals surface area contributed by atoms with Gasteiger partial charge in [0.15, 0.2) is 0 Å². The number of carbonyl (C=O) groups excluding carboxylic acids is 1. The molecule has 1 saturated heterocycles. The first-order chi connectivity index (χ1) is 8.65. The maximum Gasteiger partial charge on any atom is 0.261 e. The molecule has 18 heavy (non-hydrogen) atoms. The third-order valence-electron chi connectivity index (χ3n) is 3.90. The average molecular weight is 266 g/mol. The van der Waals surface area contributed by atoms with Gasteiger partial charge in [-0.1, -0.05) is 6.92 Å². The van der Waals surface area contributed by atoms with E-state index >= 15 is 0 Å². The monoisotopic (exact) mass is 266 g/mol. The molecule has 0 saturated carbocycles. The minimum atomic E-state index is 0.0755. The number of rotatable bonds is 4. The van der Waals surface area contributed by atoms with E-state index in [1.165, 1.54) is 17.7 Å². The fourth-order valence-electron chi connectivity index (χ4n) is 2.52. The molecular weight excluding hydrogens is 244 g/mol. The van der Waals surface area contributed by atoms with Gasteiger partial charge < -0.3 is 10.6 Å². The van der Waals surface area contributed by atoms with Crippen LogP contribution in [0, 0.1) is 12.3 Å². The molecule has 1 aromatic rings. The van der Waals surface area contributed by atoms with Gasteiger partial charge >= 0.3 is 0 Å². The second-order valence-electron chi connectivity index (χ2n) is 5.23. The molecule has 1 aliphatic rings. The van der Waals surface area contributed by atoms with Crippen LogP contribution in [0.2, 0.25) is 0 Å². The summed E-state index contributed by atoms with van der Waals surface area (Å²) in [5, 5.41) is 6.55. The van der Waals surface area contributed by atoms with Gasteiger partial charge in [0.25, 0.3) is 5.91 Å². The van der Waals surface area contributed by atoms with Crippen LogP contribution in [0.4, 0.5) is 0 Å². The van der Waals surface area contributed by atoms with Crippen molar-refractivity contribution in [1.82, 2.24) is 10.6 Å². The Hall–Kier alpha value is -0.870. The van der Waals surface area contributed by atoms with E-state index in [1.54, 1.807) is 11.3 Å². The van der Waals surface area contributed by atoms with Gasteiger partial charge in [-0.2, -0.15) is 0 Å². The van der Waals surface area contributed by atoms with Crippen molar-refractivity contribution in [3.8, 4) is 0 Å². The first-order valence-electron chi connectivity index (χ1n) is 6.71. The van der Waals surface area contributed by atoms with E-state index in [0.717, 1.165) is 30.9 Å². The summed E-state index contributed by atoms with van der Waals surface area (Å²) in [6.45, 7) is 7.16.